The molecule has 0 aliphatic carbocycles. The van der Waals surface area contributed by atoms with Crippen molar-refractivity contribution in [1.29, 1.82) is 0 Å². The Labute approximate surface area is 119 Å². The highest BCUT2D eigenvalue weighted by Gasteiger charge is 2.36. The third kappa shape index (κ3) is 3.28. The molecule has 1 saturated heterocycles. The van der Waals surface area contributed by atoms with E-state index < -0.39 is 0 Å². The second-order valence-electron chi connectivity index (χ2n) is 5.36. The Morgan fingerprint density at radius 3 is 2.84 bits per heavy atom. The van der Waals surface area contributed by atoms with E-state index in [0.29, 0.717) is 17.0 Å². The summed E-state index contributed by atoms with van der Waals surface area (Å²) in [6.45, 7) is 2.88. The number of ether oxygens (including phenoxy) is 1. The summed E-state index contributed by atoms with van der Waals surface area (Å²) in [5.41, 5.74) is 0.317. The van der Waals surface area contributed by atoms with Crippen LogP contribution in [0, 0.1) is 5.82 Å². The van der Waals surface area contributed by atoms with E-state index in [2.05, 4.69) is 12.2 Å². The van der Waals surface area contributed by atoms with Gasteiger partial charge in [-0.1, -0.05) is 17.7 Å². The van der Waals surface area contributed by atoms with Crippen LogP contribution in [0.2, 0.25) is 5.02 Å². The summed E-state index contributed by atoms with van der Waals surface area (Å²) in [5.74, 6) is -0.243. The van der Waals surface area contributed by atoms with E-state index in [-0.39, 0.29) is 17.5 Å². The van der Waals surface area contributed by atoms with Gasteiger partial charge in [-0.25, -0.2) is 4.39 Å². The van der Waals surface area contributed by atoms with E-state index in [1.165, 1.54) is 6.07 Å². The standard InChI is InChI=1S/C15H21ClFNO/c1-15(8-3-4-9-19-15)14(18-2)10-11-12(16)6-5-7-13(11)17/h5-7,14,18H,3-4,8-10H2,1-2H3. The molecule has 0 bridgehead atoms. The lowest BCUT2D eigenvalue weighted by Gasteiger charge is -2.40. The van der Waals surface area contributed by atoms with Crippen LogP contribution in [0.25, 0.3) is 0 Å². The lowest BCUT2D eigenvalue weighted by Crippen LogP contribution is -2.52. The second kappa shape index (κ2) is 6.21. The molecule has 19 heavy (non-hydrogen) atoms. The zero-order valence-electron chi connectivity index (χ0n) is 11.5. The lowest BCUT2D eigenvalue weighted by molar-refractivity contribution is -0.0871. The minimum absolute atomic E-state index is 0.0576. The summed E-state index contributed by atoms with van der Waals surface area (Å²) in [5, 5.41) is 3.75. The van der Waals surface area contributed by atoms with E-state index >= 15 is 0 Å². The van der Waals surface area contributed by atoms with Gasteiger partial charge >= 0.3 is 0 Å². The van der Waals surface area contributed by atoms with Crippen molar-refractivity contribution in [2.45, 2.75) is 44.2 Å². The molecule has 4 heteroatoms. The first kappa shape index (κ1) is 14.8. The van der Waals surface area contributed by atoms with Gasteiger partial charge in [0.25, 0.3) is 0 Å². The normalized spacial score (nSPS) is 25.3. The Kier molecular flexibility index (Phi) is 4.82. The smallest absolute Gasteiger partial charge is 0.127 e. The summed E-state index contributed by atoms with van der Waals surface area (Å²) in [6.07, 6.45) is 3.79. The Balaban J connectivity index is 2.19. The van der Waals surface area contributed by atoms with Gasteiger partial charge in [0.1, 0.15) is 5.82 Å². The van der Waals surface area contributed by atoms with E-state index in [1.54, 1.807) is 12.1 Å². The fraction of sp³-hybridized carbons (Fsp3) is 0.600. The highest BCUT2D eigenvalue weighted by molar-refractivity contribution is 6.31. The molecule has 1 aliphatic heterocycles. The quantitative estimate of drug-likeness (QED) is 0.913. The number of benzene rings is 1. The molecule has 0 radical (unpaired) electrons. The molecular formula is C15H21ClFNO. The monoisotopic (exact) mass is 285 g/mol. The largest absolute Gasteiger partial charge is 0.374 e. The van der Waals surface area contributed by atoms with Crippen LogP contribution in [0.15, 0.2) is 18.2 Å². The van der Waals surface area contributed by atoms with Crippen molar-refractivity contribution in [3.8, 4) is 0 Å². The van der Waals surface area contributed by atoms with Crippen LogP contribution in [0.5, 0.6) is 0 Å². The lowest BCUT2D eigenvalue weighted by atomic mass is 9.84. The topological polar surface area (TPSA) is 21.3 Å². The molecule has 1 N–H and O–H groups in total. The molecular weight excluding hydrogens is 265 g/mol. The number of hydrogen-bond donors (Lipinski definition) is 1. The number of halogens is 2. The minimum Gasteiger partial charge on any atom is -0.374 e. The van der Waals surface area contributed by atoms with Crippen molar-refractivity contribution < 1.29 is 9.13 Å². The average Bonchev–Trinajstić information content (AvgIpc) is 2.39. The van der Waals surface area contributed by atoms with Gasteiger partial charge in [-0.2, -0.15) is 0 Å². The first-order chi connectivity index (χ1) is 9.07. The third-order valence-electron chi connectivity index (χ3n) is 4.05. The van der Waals surface area contributed by atoms with E-state index in [0.717, 1.165) is 25.9 Å². The second-order valence-corrected chi connectivity index (χ2v) is 5.77. The highest BCUT2D eigenvalue weighted by atomic mass is 35.5. The van der Waals surface area contributed by atoms with Gasteiger partial charge in [-0.3, -0.25) is 0 Å². The fourth-order valence-electron chi connectivity index (χ4n) is 2.79. The zero-order valence-corrected chi connectivity index (χ0v) is 12.3. The summed E-state index contributed by atoms with van der Waals surface area (Å²) in [6, 6.07) is 4.88. The van der Waals surface area contributed by atoms with Crippen LogP contribution >= 0.6 is 11.6 Å². The molecule has 0 saturated carbocycles. The van der Waals surface area contributed by atoms with Crippen molar-refractivity contribution in [2.24, 2.45) is 0 Å². The molecule has 1 fully saturated rings. The first-order valence-corrected chi connectivity index (χ1v) is 7.19. The zero-order chi connectivity index (χ0) is 13.9. The predicted octanol–water partition coefficient (Wildman–Crippen LogP) is 3.57. The average molecular weight is 286 g/mol. The number of nitrogens with one attached hydrogen (secondary N) is 1. The molecule has 0 spiro atoms. The molecule has 2 unspecified atom stereocenters. The summed E-state index contributed by atoms with van der Waals surface area (Å²) >= 11 is 6.11. The maximum atomic E-state index is 13.9. The van der Waals surface area contributed by atoms with Crippen LogP contribution in [0.4, 0.5) is 4.39 Å². The van der Waals surface area contributed by atoms with Crippen molar-refractivity contribution in [1.82, 2.24) is 5.32 Å². The van der Waals surface area contributed by atoms with E-state index in [4.69, 9.17) is 16.3 Å². The highest BCUT2D eigenvalue weighted by Crippen LogP contribution is 2.31. The third-order valence-corrected chi connectivity index (χ3v) is 4.41. The van der Waals surface area contributed by atoms with Crippen molar-refractivity contribution in [3.63, 3.8) is 0 Å². The van der Waals surface area contributed by atoms with Gasteiger partial charge in [0.05, 0.1) is 5.60 Å². The summed E-state index contributed by atoms with van der Waals surface area (Å²) < 4.78 is 19.8. The Morgan fingerprint density at radius 2 is 2.26 bits per heavy atom. The van der Waals surface area contributed by atoms with Crippen LogP contribution in [0.1, 0.15) is 31.7 Å². The van der Waals surface area contributed by atoms with Crippen LogP contribution in [0.3, 0.4) is 0 Å². The number of likely N-dealkylation sites (N-methyl/N-ethyl adjacent to an activating group) is 1. The molecule has 2 nitrogen and oxygen atoms in total. The Bertz CT molecular complexity index is 412. The fourth-order valence-corrected chi connectivity index (χ4v) is 3.03. The van der Waals surface area contributed by atoms with E-state index in [9.17, 15) is 4.39 Å². The minimum atomic E-state index is -0.251. The Hall–Kier alpha value is -0.640. The van der Waals surface area contributed by atoms with Crippen molar-refractivity contribution >= 4 is 11.6 Å². The molecule has 0 aromatic heterocycles. The first-order valence-electron chi connectivity index (χ1n) is 6.81. The van der Waals surface area contributed by atoms with Crippen molar-refractivity contribution in [3.05, 3.63) is 34.6 Å². The predicted molar refractivity (Wildman–Crippen MR) is 76.2 cm³/mol. The molecule has 1 aromatic rings. The molecule has 2 rings (SSSR count). The van der Waals surface area contributed by atoms with Gasteiger partial charge in [0.2, 0.25) is 0 Å². The molecule has 1 aromatic carbocycles. The van der Waals surface area contributed by atoms with Crippen LogP contribution < -0.4 is 5.32 Å². The summed E-state index contributed by atoms with van der Waals surface area (Å²) in [4.78, 5) is 0. The van der Waals surface area contributed by atoms with Gasteiger partial charge in [0.15, 0.2) is 0 Å². The summed E-state index contributed by atoms with van der Waals surface area (Å²) in [7, 11) is 1.89. The molecule has 1 aliphatic rings. The number of rotatable bonds is 4. The molecule has 0 amide bonds. The maximum Gasteiger partial charge on any atom is 0.127 e. The van der Waals surface area contributed by atoms with Gasteiger partial charge in [-0.15, -0.1) is 0 Å². The van der Waals surface area contributed by atoms with Gasteiger partial charge in [0, 0.05) is 23.2 Å². The van der Waals surface area contributed by atoms with Gasteiger partial charge in [-0.05, 0) is 51.8 Å². The van der Waals surface area contributed by atoms with Crippen molar-refractivity contribution in [2.75, 3.05) is 13.7 Å². The Morgan fingerprint density at radius 1 is 1.47 bits per heavy atom. The molecule has 2 atom stereocenters. The molecule has 1 heterocycles. The SMILES string of the molecule is CNC(Cc1c(F)cccc1Cl)C1(C)CCCCO1. The maximum absolute atomic E-state index is 13.9. The number of hydrogen-bond acceptors (Lipinski definition) is 2. The van der Waals surface area contributed by atoms with Crippen LogP contribution in [-0.4, -0.2) is 25.3 Å². The van der Waals surface area contributed by atoms with E-state index in [1.807, 2.05) is 7.05 Å². The van der Waals surface area contributed by atoms with Gasteiger partial charge < -0.3 is 10.1 Å². The molecule has 106 valence electrons. The van der Waals surface area contributed by atoms with Crippen LogP contribution in [-0.2, 0) is 11.2 Å².